The maximum absolute atomic E-state index is 11.2. The molecule has 1 rings (SSSR count). The first-order chi connectivity index (χ1) is 7.99. The fourth-order valence-corrected chi connectivity index (χ4v) is 1.20. The minimum Gasteiger partial charge on any atom is -0.300 e. The molecular weight excluding hydrogens is 222 g/mol. The lowest BCUT2D eigenvalue weighted by Crippen LogP contribution is -1.99. The van der Waals surface area contributed by atoms with Gasteiger partial charge in [-0.2, -0.15) is 0 Å². The minimum absolute atomic E-state index is 0.00258. The van der Waals surface area contributed by atoms with Crippen molar-refractivity contribution in [3.8, 4) is 0 Å². The van der Waals surface area contributed by atoms with E-state index in [1.807, 2.05) is 0 Å². The van der Waals surface area contributed by atoms with Crippen molar-refractivity contribution in [2.75, 3.05) is 0 Å². The molecule has 0 bridgehead atoms. The SMILES string of the molecule is CC(=O)CC(=O)C=Cc1ccc([N+](=O)[O-])cc1. The third-order valence-corrected chi connectivity index (χ3v) is 1.99. The van der Waals surface area contributed by atoms with Gasteiger partial charge in [-0.3, -0.25) is 19.7 Å². The summed E-state index contributed by atoms with van der Waals surface area (Å²) in [5, 5.41) is 10.4. The lowest BCUT2D eigenvalue weighted by atomic mass is 10.1. The van der Waals surface area contributed by atoms with Gasteiger partial charge >= 0.3 is 0 Å². The first kappa shape index (κ1) is 12.8. The van der Waals surface area contributed by atoms with Crippen LogP contribution in [0.25, 0.3) is 6.08 Å². The number of rotatable bonds is 5. The summed E-state index contributed by atoms with van der Waals surface area (Å²) in [7, 11) is 0. The van der Waals surface area contributed by atoms with Crippen LogP contribution in [0.3, 0.4) is 0 Å². The predicted octanol–water partition coefficient (Wildman–Crippen LogP) is 2.16. The zero-order chi connectivity index (χ0) is 12.8. The van der Waals surface area contributed by atoms with Gasteiger partial charge in [0.15, 0.2) is 5.78 Å². The van der Waals surface area contributed by atoms with Crippen LogP contribution >= 0.6 is 0 Å². The van der Waals surface area contributed by atoms with Gasteiger partial charge in [-0.25, -0.2) is 0 Å². The standard InChI is InChI=1S/C12H11NO4/c1-9(14)8-12(15)7-4-10-2-5-11(6-3-10)13(16)17/h2-7H,8H2,1H3. The molecule has 0 fully saturated rings. The number of allylic oxidation sites excluding steroid dienone is 1. The molecule has 0 radical (unpaired) electrons. The van der Waals surface area contributed by atoms with Gasteiger partial charge in [-0.05, 0) is 30.7 Å². The van der Waals surface area contributed by atoms with Crippen molar-refractivity contribution < 1.29 is 14.5 Å². The van der Waals surface area contributed by atoms with Crippen LogP contribution in [0, 0.1) is 10.1 Å². The Morgan fingerprint density at radius 3 is 2.35 bits per heavy atom. The summed E-state index contributed by atoms with van der Waals surface area (Å²) in [6.07, 6.45) is 2.70. The number of carbonyl (C=O) groups excluding carboxylic acids is 2. The van der Waals surface area contributed by atoms with Crippen molar-refractivity contribution in [2.45, 2.75) is 13.3 Å². The maximum atomic E-state index is 11.2. The summed E-state index contributed by atoms with van der Waals surface area (Å²) in [4.78, 5) is 31.7. The highest BCUT2D eigenvalue weighted by Gasteiger charge is 2.03. The second-order valence-electron chi connectivity index (χ2n) is 3.53. The molecule has 0 saturated heterocycles. The second kappa shape index (κ2) is 5.69. The van der Waals surface area contributed by atoms with Gasteiger partial charge in [0.05, 0.1) is 11.3 Å². The van der Waals surface area contributed by atoms with E-state index in [2.05, 4.69) is 0 Å². The quantitative estimate of drug-likeness (QED) is 0.338. The van der Waals surface area contributed by atoms with Crippen LogP contribution in [0.15, 0.2) is 30.3 Å². The number of nitrogens with zero attached hydrogens (tertiary/aromatic N) is 1. The van der Waals surface area contributed by atoms with Gasteiger partial charge in [-0.15, -0.1) is 0 Å². The number of nitro benzene ring substituents is 1. The van der Waals surface area contributed by atoms with Gasteiger partial charge in [0.25, 0.3) is 5.69 Å². The van der Waals surface area contributed by atoms with Crippen LogP contribution in [0.2, 0.25) is 0 Å². The number of ketones is 2. The van der Waals surface area contributed by atoms with Gasteiger partial charge in [0.1, 0.15) is 5.78 Å². The largest absolute Gasteiger partial charge is 0.300 e. The molecular formula is C12H11NO4. The van der Waals surface area contributed by atoms with Crippen molar-refractivity contribution in [1.82, 2.24) is 0 Å². The Kier molecular flexibility index (Phi) is 4.28. The van der Waals surface area contributed by atoms with E-state index in [1.165, 1.54) is 43.3 Å². The zero-order valence-corrected chi connectivity index (χ0v) is 9.25. The highest BCUT2D eigenvalue weighted by atomic mass is 16.6. The number of hydrogen-bond donors (Lipinski definition) is 0. The molecule has 88 valence electrons. The molecule has 0 aliphatic heterocycles. The summed E-state index contributed by atoms with van der Waals surface area (Å²) in [6, 6.07) is 5.79. The van der Waals surface area contributed by atoms with Crippen LogP contribution in [0.4, 0.5) is 5.69 Å². The molecule has 0 heterocycles. The number of non-ortho nitro benzene ring substituents is 1. The topological polar surface area (TPSA) is 77.3 Å². The van der Waals surface area contributed by atoms with E-state index >= 15 is 0 Å². The smallest absolute Gasteiger partial charge is 0.269 e. The molecule has 1 aromatic carbocycles. The van der Waals surface area contributed by atoms with Crippen LogP contribution < -0.4 is 0 Å². The molecule has 0 N–H and O–H groups in total. The summed E-state index contributed by atoms with van der Waals surface area (Å²) < 4.78 is 0. The van der Waals surface area contributed by atoms with Crippen molar-refractivity contribution in [2.24, 2.45) is 0 Å². The highest BCUT2D eigenvalue weighted by molar-refractivity contribution is 6.05. The summed E-state index contributed by atoms with van der Waals surface area (Å²) in [5.41, 5.74) is 0.671. The average Bonchev–Trinajstić information content (AvgIpc) is 2.26. The molecule has 0 aliphatic carbocycles. The Hall–Kier alpha value is -2.30. The molecule has 0 spiro atoms. The Morgan fingerprint density at radius 2 is 1.88 bits per heavy atom. The summed E-state index contributed by atoms with van der Waals surface area (Å²) in [5.74, 6) is -0.473. The molecule has 1 aromatic rings. The Labute approximate surface area is 97.9 Å². The summed E-state index contributed by atoms with van der Waals surface area (Å²) in [6.45, 7) is 1.34. The van der Waals surface area contributed by atoms with Crippen LogP contribution in [-0.2, 0) is 9.59 Å². The number of nitro groups is 1. The van der Waals surface area contributed by atoms with Crippen LogP contribution in [0.1, 0.15) is 18.9 Å². The average molecular weight is 233 g/mol. The number of carbonyl (C=O) groups is 2. The van der Waals surface area contributed by atoms with Crippen molar-refractivity contribution >= 4 is 23.3 Å². The Bertz CT molecular complexity index is 474. The number of benzene rings is 1. The summed E-state index contributed by atoms with van der Waals surface area (Å²) >= 11 is 0. The molecule has 0 atom stereocenters. The first-order valence-corrected chi connectivity index (χ1v) is 4.94. The van der Waals surface area contributed by atoms with Crippen molar-refractivity contribution in [1.29, 1.82) is 0 Å². The Balaban J connectivity index is 2.69. The van der Waals surface area contributed by atoms with E-state index in [4.69, 9.17) is 0 Å². The van der Waals surface area contributed by atoms with E-state index in [-0.39, 0.29) is 23.7 Å². The zero-order valence-electron chi connectivity index (χ0n) is 9.25. The number of Topliss-reactive ketones (excluding diaryl/α,β-unsaturated/α-hetero) is 1. The third kappa shape index (κ3) is 4.38. The van der Waals surface area contributed by atoms with Crippen molar-refractivity contribution in [3.63, 3.8) is 0 Å². The molecule has 17 heavy (non-hydrogen) atoms. The van der Waals surface area contributed by atoms with E-state index in [9.17, 15) is 19.7 Å². The molecule has 0 aliphatic rings. The molecule has 0 saturated carbocycles. The number of hydrogen-bond acceptors (Lipinski definition) is 4. The highest BCUT2D eigenvalue weighted by Crippen LogP contribution is 2.12. The molecule has 0 unspecified atom stereocenters. The molecule has 5 nitrogen and oxygen atoms in total. The molecule has 0 aromatic heterocycles. The van der Waals surface area contributed by atoms with Gasteiger partial charge in [0.2, 0.25) is 0 Å². The lowest BCUT2D eigenvalue weighted by molar-refractivity contribution is -0.384. The van der Waals surface area contributed by atoms with Crippen LogP contribution in [-0.4, -0.2) is 16.5 Å². The van der Waals surface area contributed by atoms with E-state index in [0.717, 1.165) is 0 Å². The molecule has 0 amide bonds. The van der Waals surface area contributed by atoms with Crippen LogP contribution in [0.5, 0.6) is 0 Å². The lowest BCUT2D eigenvalue weighted by Gasteiger charge is -1.93. The van der Waals surface area contributed by atoms with Gasteiger partial charge in [0, 0.05) is 12.1 Å². The third-order valence-electron chi connectivity index (χ3n) is 1.99. The second-order valence-corrected chi connectivity index (χ2v) is 3.53. The monoisotopic (exact) mass is 233 g/mol. The molecule has 5 heteroatoms. The Morgan fingerprint density at radius 1 is 1.29 bits per heavy atom. The fourth-order valence-electron chi connectivity index (χ4n) is 1.20. The van der Waals surface area contributed by atoms with Gasteiger partial charge < -0.3 is 0 Å². The van der Waals surface area contributed by atoms with Gasteiger partial charge in [-0.1, -0.05) is 6.08 Å². The van der Waals surface area contributed by atoms with E-state index in [0.29, 0.717) is 5.56 Å². The van der Waals surface area contributed by atoms with Crippen molar-refractivity contribution in [3.05, 3.63) is 46.0 Å². The van der Waals surface area contributed by atoms with E-state index < -0.39 is 4.92 Å². The first-order valence-electron chi connectivity index (χ1n) is 4.94. The normalized spacial score (nSPS) is 10.4. The fraction of sp³-hybridized carbons (Fsp3) is 0.167. The minimum atomic E-state index is -0.492. The maximum Gasteiger partial charge on any atom is 0.269 e. The predicted molar refractivity (Wildman–Crippen MR) is 62.4 cm³/mol. The van der Waals surface area contributed by atoms with E-state index in [1.54, 1.807) is 0 Å².